The highest BCUT2D eigenvalue weighted by Crippen LogP contribution is 2.37. The van der Waals surface area contributed by atoms with Crippen molar-refractivity contribution in [1.29, 1.82) is 0 Å². The Labute approximate surface area is 255 Å². The summed E-state index contributed by atoms with van der Waals surface area (Å²) in [5.41, 5.74) is 2.97. The minimum absolute atomic E-state index is 0.0270. The van der Waals surface area contributed by atoms with E-state index in [2.05, 4.69) is 10.5 Å². The molecule has 2 aromatic heterocycles. The van der Waals surface area contributed by atoms with Gasteiger partial charge in [0.2, 0.25) is 6.43 Å². The molecule has 13 heteroatoms. The number of hydrogen-bond acceptors (Lipinski definition) is 5. The van der Waals surface area contributed by atoms with Crippen LogP contribution in [-0.2, 0) is 16.8 Å². The number of pyridine rings is 1. The molecule has 1 aliphatic heterocycles. The maximum Gasteiger partial charge on any atom is 0.492 e. The van der Waals surface area contributed by atoms with Crippen molar-refractivity contribution in [2.24, 2.45) is 5.16 Å². The maximum atomic E-state index is 14.2. The molecule has 0 radical (unpaired) electrons. The van der Waals surface area contributed by atoms with Crippen molar-refractivity contribution in [1.82, 2.24) is 9.72 Å². The van der Waals surface area contributed by atoms with E-state index < -0.39 is 25.1 Å². The van der Waals surface area contributed by atoms with Gasteiger partial charge in [-0.3, -0.25) is 4.79 Å². The smallest absolute Gasteiger partial charge is 0.423 e. The SMILES string of the molecule is CC1(C)OB(O)c2ccc(CNC(=O)c3ccc(/C(CC(c4cc(Cl)c(Cl)c(Cl)c4)C(F)F)=N/O)n4cccc34)cc21. The number of amides is 1. The molecule has 0 bridgehead atoms. The normalized spacial score (nSPS) is 15.4. The second-order valence-corrected chi connectivity index (χ2v) is 11.7. The minimum Gasteiger partial charge on any atom is -0.423 e. The third kappa shape index (κ3) is 5.74. The highest BCUT2D eigenvalue weighted by Gasteiger charge is 2.40. The van der Waals surface area contributed by atoms with Gasteiger partial charge in [-0.15, -0.1) is 0 Å². The van der Waals surface area contributed by atoms with Crippen LogP contribution >= 0.6 is 34.8 Å². The monoisotopic (exact) mass is 633 g/mol. The first-order valence-electron chi connectivity index (χ1n) is 12.9. The summed E-state index contributed by atoms with van der Waals surface area (Å²) in [7, 11) is -0.995. The van der Waals surface area contributed by atoms with Crippen LogP contribution in [0.3, 0.4) is 0 Å². The van der Waals surface area contributed by atoms with E-state index in [1.165, 1.54) is 18.2 Å². The lowest BCUT2D eigenvalue weighted by Crippen LogP contribution is -2.29. The fourth-order valence-electron chi connectivity index (χ4n) is 5.25. The van der Waals surface area contributed by atoms with Crippen LogP contribution in [0.4, 0.5) is 8.78 Å². The number of aromatic nitrogens is 1. The average molecular weight is 635 g/mol. The number of rotatable bonds is 8. The van der Waals surface area contributed by atoms with E-state index in [1.807, 2.05) is 26.0 Å². The van der Waals surface area contributed by atoms with Gasteiger partial charge in [0.15, 0.2) is 0 Å². The van der Waals surface area contributed by atoms with Gasteiger partial charge in [0, 0.05) is 19.2 Å². The average Bonchev–Trinajstić information content (AvgIpc) is 3.52. The highest BCUT2D eigenvalue weighted by atomic mass is 35.5. The molecule has 1 atom stereocenters. The maximum absolute atomic E-state index is 14.2. The van der Waals surface area contributed by atoms with Crippen LogP contribution in [0.5, 0.6) is 0 Å². The summed E-state index contributed by atoms with van der Waals surface area (Å²) < 4.78 is 35.6. The summed E-state index contributed by atoms with van der Waals surface area (Å²) in [5, 5.41) is 26.4. The third-order valence-electron chi connectivity index (χ3n) is 7.40. The molecule has 4 aromatic rings. The minimum atomic E-state index is -2.83. The molecule has 0 saturated carbocycles. The van der Waals surface area contributed by atoms with Crippen molar-refractivity contribution < 1.29 is 28.5 Å². The van der Waals surface area contributed by atoms with E-state index in [9.17, 15) is 23.8 Å². The number of benzene rings is 2. The number of nitrogens with zero attached hydrogens (tertiary/aromatic N) is 2. The Hall–Kier alpha value is -3.15. The summed E-state index contributed by atoms with van der Waals surface area (Å²) >= 11 is 18.1. The van der Waals surface area contributed by atoms with Gasteiger partial charge >= 0.3 is 7.12 Å². The van der Waals surface area contributed by atoms with Crippen molar-refractivity contribution in [2.45, 2.75) is 44.8 Å². The molecule has 218 valence electrons. The summed E-state index contributed by atoms with van der Waals surface area (Å²) in [6.07, 6.45) is -1.54. The van der Waals surface area contributed by atoms with Crippen LogP contribution in [0.25, 0.3) is 5.52 Å². The van der Waals surface area contributed by atoms with E-state index >= 15 is 0 Å². The number of hydrogen-bond donors (Lipinski definition) is 3. The highest BCUT2D eigenvalue weighted by molar-refractivity contribution is 6.62. The Morgan fingerprint density at radius 3 is 2.50 bits per heavy atom. The van der Waals surface area contributed by atoms with Crippen LogP contribution in [0.1, 0.15) is 58.9 Å². The lowest BCUT2D eigenvalue weighted by Gasteiger charge is -2.20. The lowest BCUT2D eigenvalue weighted by molar-refractivity contribution is 0.0952. The van der Waals surface area contributed by atoms with Crippen molar-refractivity contribution >= 4 is 64.5 Å². The van der Waals surface area contributed by atoms with Gasteiger partial charge in [-0.05, 0) is 72.4 Å². The molecule has 1 unspecified atom stereocenters. The van der Waals surface area contributed by atoms with Gasteiger partial charge in [0.1, 0.15) is 5.71 Å². The molecule has 3 heterocycles. The van der Waals surface area contributed by atoms with Gasteiger partial charge in [-0.1, -0.05) is 58.2 Å². The topological polar surface area (TPSA) is 95.6 Å². The standard InChI is InChI=1S/C29H25BCl3F2N3O4/c1-29(2)19-10-15(5-7-20(19)30(40)42-29)14-36-28(39)17-6-8-25(38-9-3-4-24(17)38)23(37-41)13-18(27(34)35)16-11-21(31)26(33)22(32)12-16/h3-12,18,27,40-41H,13-14H2,1-2H3,(H,36,39)/b37-23+. The van der Waals surface area contributed by atoms with Crippen molar-refractivity contribution in [3.8, 4) is 0 Å². The van der Waals surface area contributed by atoms with Gasteiger partial charge in [-0.2, -0.15) is 0 Å². The van der Waals surface area contributed by atoms with Crippen molar-refractivity contribution in [3.63, 3.8) is 0 Å². The molecule has 0 aliphatic carbocycles. The summed E-state index contributed by atoms with van der Waals surface area (Å²) in [6.45, 7) is 3.95. The third-order valence-corrected chi connectivity index (χ3v) is 8.59. The number of carbonyl (C=O) groups is 1. The first-order valence-corrected chi connectivity index (χ1v) is 14.1. The summed E-state index contributed by atoms with van der Waals surface area (Å²) in [5.74, 6) is -1.76. The van der Waals surface area contributed by atoms with Crippen molar-refractivity contribution in [3.05, 3.63) is 104 Å². The first kappa shape index (κ1) is 30.3. The number of alkyl halides is 2. The molecule has 42 heavy (non-hydrogen) atoms. The lowest BCUT2D eigenvalue weighted by atomic mass is 9.78. The Morgan fingerprint density at radius 1 is 1.12 bits per heavy atom. The number of halogens is 5. The molecule has 1 aliphatic rings. The summed E-state index contributed by atoms with van der Waals surface area (Å²) in [6, 6.07) is 14.6. The fourth-order valence-corrected chi connectivity index (χ4v) is 5.86. The van der Waals surface area contributed by atoms with Crippen LogP contribution in [-0.4, -0.2) is 39.8 Å². The van der Waals surface area contributed by atoms with Gasteiger partial charge in [0.25, 0.3) is 5.91 Å². The Bertz CT molecular complexity index is 1690. The molecule has 5 rings (SSSR count). The van der Waals surface area contributed by atoms with Gasteiger partial charge < -0.3 is 24.6 Å². The van der Waals surface area contributed by atoms with Crippen LogP contribution in [0.2, 0.25) is 15.1 Å². The quantitative estimate of drug-likeness (QED) is 0.0688. The van der Waals surface area contributed by atoms with E-state index in [0.29, 0.717) is 22.2 Å². The predicted molar refractivity (Wildman–Crippen MR) is 160 cm³/mol. The van der Waals surface area contributed by atoms with E-state index in [4.69, 9.17) is 39.5 Å². The second-order valence-electron chi connectivity index (χ2n) is 10.5. The molecule has 0 fully saturated rings. The zero-order valence-corrected chi connectivity index (χ0v) is 24.7. The van der Waals surface area contributed by atoms with E-state index in [-0.39, 0.29) is 45.2 Å². The van der Waals surface area contributed by atoms with Gasteiger partial charge in [-0.25, -0.2) is 8.78 Å². The molecule has 3 N–H and O–H groups in total. The van der Waals surface area contributed by atoms with Crippen molar-refractivity contribution in [2.75, 3.05) is 0 Å². The molecule has 1 amide bonds. The number of fused-ring (bicyclic) bond motifs is 2. The first-order chi connectivity index (χ1) is 19.9. The number of oxime groups is 1. The molecule has 0 saturated heterocycles. The molecular formula is C29H25BCl3F2N3O4. The Balaban J connectivity index is 1.38. The predicted octanol–water partition coefficient (Wildman–Crippen LogP) is 6.40. The van der Waals surface area contributed by atoms with Crippen LogP contribution < -0.4 is 10.8 Å². The Kier molecular flexibility index (Phi) is 8.56. The molecule has 2 aromatic carbocycles. The largest absolute Gasteiger partial charge is 0.492 e. The summed E-state index contributed by atoms with van der Waals surface area (Å²) in [4.78, 5) is 13.2. The Morgan fingerprint density at radius 2 is 1.83 bits per heavy atom. The molecular weight excluding hydrogens is 610 g/mol. The zero-order valence-electron chi connectivity index (χ0n) is 22.4. The van der Waals surface area contributed by atoms with Crippen LogP contribution in [0, 0.1) is 0 Å². The fraction of sp³-hybridized carbons (Fsp3) is 0.241. The van der Waals surface area contributed by atoms with Crippen LogP contribution in [0.15, 0.2) is 65.9 Å². The van der Waals surface area contributed by atoms with E-state index in [1.54, 1.807) is 34.9 Å². The number of carbonyl (C=O) groups excluding carboxylic acids is 1. The van der Waals surface area contributed by atoms with Gasteiger partial charge in [0.05, 0.1) is 43.4 Å². The zero-order chi connectivity index (χ0) is 30.3. The number of nitrogens with one attached hydrogen (secondary N) is 1. The molecule has 0 spiro atoms. The molecule has 7 nitrogen and oxygen atoms in total. The second kappa shape index (κ2) is 11.9. The van der Waals surface area contributed by atoms with E-state index in [0.717, 1.165) is 11.1 Å².